The molecule has 20 heavy (non-hydrogen) atoms. The van der Waals surface area contributed by atoms with Gasteiger partial charge in [0.25, 0.3) is 0 Å². The second kappa shape index (κ2) is 5.64. The van der Waals surface area contributed by atoms with E-state index in [-0.39, 0.29) is 5.69 Å². The SMILES string of the molecule is CCc1cn(-c2cncc(C)c2)nc(C(=O)OC)c1=O. The molecule has 2 aromatic rings. The van der Waals surface area contributed by atoms with Gasteiger partial charge in [-0.2, -0.15) is 5.10 Å². The topological polar surface area (TPSA) is 74.1 Å². The van der Waals surface area contributed by atoms with Gasteiger partial charge in [0.1, 0.15) is 0 Å². The van der Waals surface area contributed by atoms with E-state index in [1.807, 2.05) is 19.9 Å². The molecule has 0 fully saturated rings. The number of esters is 1. The minimum Gasteiger partial charge on any atom is -0.464 e. The zero-order valence-electron chi connectivity index (χ0n) is 11.6. The average Bonchev–Trinajstić information content (AvgIpc) is 2.46. The predicted molar refractivity (Wildman–Crippen MR) is 73.1 cm³/mol. The molecule has 0 unspecified atom stereocenters. The molecule has 6 heteroatoms. The molecule has 0 amide bonds. The molecule has 0 aliphatic heterocycles. The fraction of sp³-hybridized carbons (Fsp3) is 0.286. The molecule has 6 nitrogen and oxygen atoms in total. The van der Waals surface area contributed by atoms with Gasteiger partial charge < -0.3 is 4.74 Å². The molecule has 0 spiro atoms. The molecule has 2 heterocycles. The Balaban J connectivity index is 2.66. The van der Waals surface area contributed by atoms with Crippen LogP contribution in [0, 0.1) is 6.92 Å². The summed E-state index contributed by atoms with van der Waals surface area (Å²) in [7, 11) is 1.22. The van der Waals surface area contributed by atoms with Crippen LogP contribution in [0.1, 0.15) is 28.5 Å². The third-order valence-corrected chi connectivity index (χ3v) is 2.88. The van der Waals surface area contributed by atoms with Crippen LogP contribution in [0.4, 0.5) is 0 Å². The van der Waals surface area contributed by atoms with Crippen LogP contribution in [0.25, 0.3) is 5.69 Å². The molecule has 0 aliphatic rings. The van der Waals surface area contributed by atoms with Crippen LogP contribution in [0.2, 0.25) is 0 Å². The molecule has 0 radical (unpaired) electrons. The van der Waals surface area contributed by atoms with E-state index in [0.29, 0.717) is 17.7 Å². The molecule has 0 bridgehead atoms. The van der Waals surface area contributed by atoms with Crippen molar-refractivity contribution in [3.8, 4) is 5.69 Å². The Morgan fingerprint density at radius 3 is 2.75 bits per heavy atom. The van der Waals surface area contributed by atoms with Crippen molar-refractivity contribution in [1.29, 1.82) is 0 Å². The summed E-state index contributed by atoms with van der Waals surface area (Å²) in [6.07, 6.45) is 5.45. The minimum atomic E-state index is -0.736. The van der Waals surface area contributed by atoms with E-state index >= 15 is 0 Å². The van der Waals surface area contributed by atoms with Crippen LogP contribution in [-0.4, -0.2) is 27.8 Å². The van der Waals surface area contributed by atoms with Gasteiger partial charge in [-0.15, -0.1) is 0 Å². The Kier molecular flexibility index (Phi) is 3.93. The highest BCUT2D eigenvalue weighted by atomic mass is 16.5. The smallest absolute Gasteiger partial charge is 0.362 e. The van der Waals surface area contributed by atoms with Gasteiger partial charge in [-0.25, -0.2) is 9.48 Å². The van der Waals surface area contributed by atoms with Crippen molar-refractivity contribution in [2.24, 2.45) is 0 Å². The summed E-state index contributed by atoms with van der Waals surface area (Å²) >= 11 is 0. The fourth-order valence-electron chi connectivity index (χ4n) is 1.82. The van der Waals surface area contributed by atoms with Gasteiger partial charge in [0.2, 0.25) is 11.1 Å². The van der Waals surface area contributed by atoms with Crippen LogP contribution in [-0.2, 0) is 11.2 Å². The van der Waals surface area contributed by atoms with Gasteiger partial charge in [0, 0.05) is 18.0 Å². The van der Waals surface area contributed by atoms with Crippen LogP contribution < -0.4 is 5.43 Å². The molecule has 104 valence electrons. The summed E-state index contributed by atoms with van der Waals surface area (Å²) < 4.78 is 6.08. The van der Waals surface area contributed by atoms with Crippen LogP contribution in [0.15, 0.2) is 29.5 Å². The minimum absolute atomic E-state index is 0.214. The molecule has 2 rings (SSSR count). The third-order valence-electron chi connectivity index (χ3n) is 2.88. The molecule has 0 aromatic carbocycles. The molecular formula is C14H15N3O3. The average molecular weight is 273 g/mol. The van der Waals surface area contributed by atoms with Crippen molar-refractivity contribution < 1.29 is 9.53 Å². The van der Waals surface area contributed by atoms with E-state index < -0.39 is 11.4 Å². The number of aromatic nitrogens is 3. The largest absolute Gasteiger partial charge is 0.464 e. The first-order valence-corrected chi connectivity index (χ1v) is 6.20. The lowest BCUT2D eigenvalue weighted by Crippen LogP contribution is -2.25. The van der Waals surface area contributed by atoms with Crippen LogP contribution in [0.5, 0.6) is 0 Å². The normalized spacial score (nSPS) is 10.3. The summed E-state index contributed by atoms with van der Waals surface area (Å²) in [5.41, 5.74) is 1.54. The monoisotopic (exact) mass is 273 g/mol. The second-order valence-corrected chi connectivity index (χ2v) is 4.34. The number of nitrogens with zero attached hydrogens (tertiary/aromatic N) is 3. The maximum absolute atomic E-state index is 12.1. The van der Waals surface area contributed by atoms with Crippen LogP contribution >= 0.6 is 0 Å². The van der Waals surface area contributed by atoms with Gasteiger partial charge in [-0.3, -0.25) is 9.78 Å². The maximum atomic E-state index is 12.1. The van der Waals surface area contributed by atoms with Gasteiger partial charge in [0.15, 0.2) is 0 Å². The van der Waals surface area contributed by atoms with Crippen molar-refractivity contribution in [1.82, 2.24) is 14.8 Å². The highest BCUT2D eigenvalue weighted by Gasteiger charge is 2.17. The van der Waals surface area contributed by atoms with Gasteiger partial charge in [0.05, 0.1) is 19.0 Å². The number of hydrogen-bond donors (Lipinski definition) is 0. The number of carbonyl (C=O) groups excluding carboxylic acids is 1. The van der Waals surface area contributed by atoms with Crippen molar-refractivity contribution in [3.05, 3.63) is 51.7 Å². The van der Waals surface area contributed by atoms with Crippen molar-refractivity contribution in [2.75, 3.05) is 7.11 Å². The van der Waals surface area contributed by atoms with Gasteiger partial charge in [-0.1, -0.05) is 6.92 Å². The van der Waals surface area contributed by atoms with Crippen molar-refractivity contribution >= 4 is 5.97 Å². The first-order valence-electron chi connectivity index (χ1n) is 6.20. The number of ether oxygens (including phenoxy) is 1. The lowest BCUT2D eigenvalue weighted by Gasteiger charge is -2.09. The Morgan fingerprint density at radius 2 is 2.15 bits per heavy atom. The molecule has 0 aliphatic carbocycles. The highest BCUT2D eigenvalue weighted by Crippen LogP contribution is 2.08. The first kappa shape index (κ1) is 13.9. The summed E-state index contributed by atoms with van der Waals surface area (Å²) in [4.78, 5) is 27.8. The summed E-state index contributed by atoms with van der Waals surface area (Å²) in [5.74, 6) is -0.736. The molecule has 0 saturated heterocycles. The summed E-state index contributed by atoms with van der Waals surface area (Å²) in [6.45, 7) is 3.75. The lowest BCUT2D eigenvalue weighted by molar-refractivity contribution is 0.0590. The third kappa shape index (κ3) is 2.59. The Morgan fingerprint density at radius 1 is 1.40 bits per heavy atom. The van der Waals surface area contributed by atoms with Crippen LogP contribution in [0.3, 0.4) is 0 Å². The highest BCUT2D eigenvalue weighted by molar-refractivity contribution is 5.87. The van der Waals surface area contributed by atoms with E-state index in [2.05, 4.69) is 14.8 Å². The number of hydrogen-bond acceptors (Lipinski definition) is 5. The van der Waals surface area contributed by atoms with E-state index in [9.17, 15) is 9.59 Å². The number of rotatable bonds is 3. The molecule has 2 aromatic heterocycles. The summed E-state index contributed by atoms with van der Waals surface area (Å²) in [5, 5.41) is 4.05. The number of pyridine rings is 1. The van der Waals surface area contributed by atoms with E-state index in [1.54, 1.807) is 18.6 Å². The maximum Gasteiger partial charge on any atom is 0.362 e. The first-order chi connectivity index (χ1) is 9.56. The standard InChI is InChI=1S/C14H15N3O3/c1-4-10-8-17(11-5-9(2)6-15-7-11)16-12(13(10)18)14(19)20-3/h5-8H,4H2,1-3H3. The predicted octanol–water partition coefficient (Wildman–Crippen LogP) is 1.28. The zero-order valence-corrected chi connectivity index (χ0v) is 11.6. The quantitative estimate of drug-likeness (QED) is 0.788. The number of aryl methyl sites for hydroxylation is 2. The molecular weight excluding hydrogens is 258 g/mol. The lowest BCUT2D eigenvalue weighted by atomic mass is 10.2. The van der Waals surface area contributed by atoms with E-state index in [1.165, 1.54) is 11.8 Å². The Bertz CT molecular complexity index is 707. The number of carbonyl (C=O) groups is 1. The fourth-order valence-corrected chi connectivity index (χ4v) is 1.82. The second-order valence-electron chi connectivity index (χ2n) is 4.34. The van der Waals surface area contributed by atoms with Gasteiger partial charge in [-0.05, 0) is 25.0 Å². The molecule has 0 saturated carbocycles. The van der Waals surface area contributed by atoms with Crippen molar-refractivity contribution in [3.63, 3.8) is 0 Å². The molecule has 0 atom stereocenters. The Hall–Kier alpha value is -2.50. The van der Waals surface area contributed by atoms with Gasteiger partial charge >= 0.3 is 5.97 Å². The van der Waals surface area contributed by atoms with Crippen molar-refractivity contribution in [2.45, 2.75) is 20.3 Å². The summed E-state index contributed by atoms with van der Waals surface area (Å²) in [6, 6.07) is 1.87. The Labute approximate surface area is 116 Å². The molecule has 0 N–H and O–H groups in total. The van der Waals surface area contributed by atoms with E-state index in [0.717, 1.165) is 5.56 Å². The van der Waals surface area contributed by atoms with E-state index in [4.69, 9.17) is 0 Å². The zero-order chi connectivity index (χ0) is 14.7. The number of methoxy groups -OCH3 is 1.